The number of para-hydroxylation sites is 9. The molecule has 0 bridgehead atoms. The van der Waals surface area contributed by atoms with Crippen LogP contribution in [0.3, 0.4) is 0 Å². The van der Waals surface area contributed by atoms with E-state index in [0.29, 0.717) is 17.5 Å². The maximum atomic E-state index is 6.38. The summed E-state index contributed by atoms with van der Waals surface area (Å²) in [5.41, 5.74) is 29.3. The lowest BCUT2D eigenvalue weighted by Crippen LogP contribution is -2.33. The number of aryl methyl sites for hydroxylation is 7. The van der Waals surface area contributed by atoms with Crippen molar-refractivity contribution in [3.8, 4) is 93.0 Å². The van der Waals surface area contributed by atoms with Crippen LogP contribution in [0.4, 0.5) is 0 Å². The van der Waals surface area contributed by atoms with Crippen LogP contribution in [-0.2, 0) is 49.3 Å². The fourth-order valence-electron chi connectivity index (χ4n) is 21.8. The first-order valence-corrected chi connectivity index (χ1v) is 48.7. The molecule has 0 saturated heterocycles. The summed E-state index contributed by atoms with van der Waals surface area (Å²) in [7, 11) is 14.1. The normalized spacial score (nSPS) is 15.1. The molecule has 20 heterocycles. The molecule has 0 amide bonds. The van der Waals surface area contributed by atoms with Crippen LogP contribution in [0.2, 0.25) is 0 Å². The Kier molecular flexibility index (Phi) is 20.6. The van der Waals surface area contributed by atoms with Crippen molar-refractivity contribution in [1.82, 2.24) is 15.0 Å². The van der Waals surface area contributed by atoms with Gasteiger partial charge in [-0.2, -0.15) is 32.0 Å². The number of ether oxygens (including phenoxy) is 8. The maximum Gasteiger partial charge on any atom is 0.381 e. The summed E-state index contributed by atoms with van der Waals surface area (Å²) < 4.78 is 76.9. The Morgan fingerprint density at radius 1 is 0.170 bits per heavy atom. The number of benzene rings is 11. The van der Waals surface area contributed by atoms with Crippen molar-refractivity contribution in [2.24, 2.45) is 49.3 Å². The van der Waals surface area contributed by atoms with E-state index in [2.05, 4.69) is 203 Å². The molecule has 0 spiro atoms. The molecule has 0 N–H and O–H groups in total. The van der Waals surface area contributed by atoms with E-state index in [0.717, 1.165) is 264 Å². The molecule has 12 aromatic heterocycles. The van der Waals surface area contributed by atoms with Gasteiger partial charge >= 0.3 is 41.0 Å². The number of aromatic nitrogens is 10. The highest BCUT2D eigenvalue weighted by Crippen LogP contribution is 2.59. The van der Waals surface area contributed by atoms with Crippen molar-refractivity contribution in [3.63, 3.8) is 0 Å². The largest absolute Gasteiger partial charge is 0.438 e. The Morgan fingerprint density at radius 3 is 0.769 bits per heavy atom. The number of nitrogens with zero attached hydrogens (tertiary/aromatic N) is 10. The summed E-state index contributed by atoms with van der Waals surface area (Å²) in [4.78, 5) is 13.6. The lowest BCUT2D eigenvalue weighted by atomic mass is 9.84. The molecule has 0 fully saturated rings. The molecule has 0 saturated carbocycles. The second kappa shape index (κ2) is 35.0. The molecule has 20 heteroatoms. The number of fused-ring (bicyclic) bond motifs is 22. The van der Waals surface area contributed by atoms with E-state index in [1.54, 1.807) is 12.4 Å². The third-order valence-corrected chi connectivity index (χ3v) is 28.3. The van der Waals surface area contributed by atoms with Crippen molar-refractivity contribution in [3.05, 3.63) is 503 Å². The molecule has 0 atom stereocenters. The quantitative estimate of drug-likeness (QED) is 0.0800. The van der Waals surface area contributed by atoms with Gasteiger partial charge in [-0.3, -0.25) is 0 Å². The Morgan fingerprint density at radius 2 is 0.422 bits per heavy atom. The Hall–Kier alpha value is -19.6. The topological polar surface area (TPSA) is 166 Å². The van der Waals surface area contributed by atoms with Crippen LogP contribution < -0.4 is 69.9 Å². The minimum atomic E-state index is 0.625. The number of pyridine rings is 10. The van der Waals surface area contributed by atoms with Crippen LogP contribution in [0.5, 0.6) is 93.0 Å². The van der Waals surface area contributed by atoms with E-state index < -0.39 is 0 Å². The molecule has 20 nitrogen and oxygen atoms in total. The van der Waals surface area contributed by atoms with Crippen LogP contribution in [0, 0.1) is 0 Å². The standard InChI is InChI=1S/2C26H20N2O2.C25H15N2O2.2C25H17N2O2/c2*1-27-15-7-11-19-23(17-9-3-5-13-21(17)29-25(19)27)24-18-10-4-6-14-22(18)30-26-20(24)12-8-16-28(26)2;1-27-13-5-8-17-22-20-14(7-4-10-19(20)29-25(17)27)15-11-12-26-24-23(15)21(22)16-6-2-3-9-18(16)28-24;2*1-27-15-7-11-19-23(17-9-3-5-13-21(17)29-25(19)27)22-16-8-2-4-12-20(16)28-24-18(22)10-6-14-26-24/h2*3-16H,1-2H3;2-13H,1H3;2*2-15H,1H3/q2*+2;3*+1/b24-23+;24-23-;;23-22+;23-22-. The van der Waals surface area contributed by atoms with Crippen LogP contribution >= 0.6 is 0 Å². The number of hydrogen-bond donors (Lipinski definition) is 0. The van der Waals surface area contributed by atoms with Crippen molar-refractivity contribution < 1.29 is 78.7 Å². The molecule has 147 heavy (non-hydrogen) atoms. The van der Waals surface area contributed by atoms with E-state index in [1.165, 1.54) is 10.8 Å². The fourth-order valence-corrected chi connectivity index (χ4v) is 21.8. The third-order valence-electron chi connectivity index (χ3n) is 28.3. The first kappa shape index (κ1) is 86.5. The molecule has 700 valence electrons. The van der Waals surface area contributed by atoms with Crippen LogP contribution in [0.15, 0.2) is 423 Å². The van der Waals surface area contributed by atoms with Gasteiger partial charge in [-0.15, -0.1) is 0 Å². The lowest BCUT2D eigenvalue weighted by molar-refractivity contribution is -0.676. The Balaban J connectivity index is 0.0000000909. The van der Waals surface area contributed by atoms with Gasteiger partial charge in [0.2, 0.25) is 17.5 Å². The van der Waals surface area contributed by atoms with Gasteiger partial charge in [0, 0.05) is 183 Å². The van der Waals surface area contributed by atoms with Crippen molar-refractivity contribution in [2.75, 3.05) is 0 Å². The Labute approximate surface area is 843 Å². The summed E-state index contributed by atoms with van der Waals surface area (Å²) in [6.07, 6.45) is 19.4. The second-order valence-corrected chi connectivity index (χ2v) is 37.0. The van der Waals surface area contributed by atoms with Gasteiger partial charge in [-0.05, 0) is 144 Å². The molecular weight excluding hydrogens is 1830 g/mol. The summed E-state index contributed by atoms with van der Waals surface area (Å²) in [6.45, 7) is 0. The molecule has 0 radical (unpaired) electrons. The van der Waals surface area contributed by atoms with E-state index in [1.807, 2.05) is 295 Å². The first-order chi connectivity index (χ1) is 72.4. The van der Waals surface area contributed by atoms with Gasteiger partial charge in [0.15, 0.2) is 43.4 Å². The summed E-state index contributed by atoms with van der Waals surface area (Å²) in [5, 5.41) is 9.01. The van der Waals surface area contributed by atoms with Gasteiger partial charge in [-0.1, -0.05) is 176 Å². The molecule has 31 rings (SSSR count). The molecule has 8 aliphatic heterocycles. The zero-order valence-corrected chi connectivity index (χ0v) is 80.8. The van der Waals surface area contributed by atoms with Crippen molar-refractivity contribution >= 4 is 110 Å². The van der Waals surface area contributed by atoms with E-state index in [9.17, 15) is 0 Å². The predicted molar refractivity (Wildman–Crippen MR) is 561 cm³/mol. The molecule has 8 aliphatic rings. The van der Waals surface area contributed by atoms with Gasteiger partial charge < -0.3 is 46.7 Å². The van der Waals surface area contributed by atoms with Crippen molar-refractivity contribution in [1.29, 1.82) is 0 Å². The van der Waals surface area contributed by atoms with E-state index in [-0.39, 0.29) is 0 Å². The van der Waals surface area contributed by atoms with E-state index in [4.69, 9.17) is 46.7 Å². The van der Waals surface area contributed by atoms with Gasteiger partial charge in [0.05, 0.1) is 44.2 Å². The molecule has 11 aromatic carbocycles. The van der Waals surface area contributed by atoms with Crippen LogP contribution in [0.1, 0.15) is 89.0 Å². The van der Waals surface area contributed by atoms with Gasteiger partial charge in [-0.25, -0.2) is 15.0 Å². The van der Waals surface area contributed by atoms with Gasteiger partial charge in [0.25, 0.3) is 0 Å². The SMILES string of the molecule is C[n+]1cccc2c1Oc1ccccc1/C2=C1/c2ccccc2Oc2c1ccc[n+]2C.C[n+]1cccc2c1Oc1ccccc1/C2=C1/c2ccccc2Oc2ncccc21.C[n+]1cccc2c1Oc1ccccc1/C2=C1\c2ccccc2Oc2c1ccc[n+]2C.C[n+]1cccc2c1Oc1ccccc1/C2=C1\c2ccccc2Oc2ncccc21.C[n+]1cccc2c3c4c(cccc4c4ccnc5oc6ccccc6c3c54)oc21. The van der Waals surface area contributed by atoms with Gasteiger partial charge in [0.1, 0.15) is 106 Å². The predicted octanol–water partition coefficient (Wildman–Crippen LogP) is 25.4. The lowest BCUT2D eigenvalue weighted by Gasteiger charge is -2.27. The minimum absolute atomic E-state index is 0.625. The highest BCUT2D eigenvalue weighted by Gasteiger charge is 2.43. The number of rotatable bonds is 0. The van der Waals surface area contributed by atoms with E-state index >= 15 is 0 Å². The highest BCUT2D eigenvalue weighted by atomic mass is 16.5. The summed E-state index contributed by atoms with van der Waals surface area (Å²) in [5.74, 6) is 13.0. The smallest absolute Gasteiger partial charge is 0.381 e. The number of hydrogen-bond acceptors (Lipinski definition) is 13. The van der Waals surface area contributed by atoms with Crippen LogP contribution in [0.25, 0.3) is 110 Å². The third kappa shape index (κ3) is 14.2. The average Bonchev–Trinajstić information content (AvgIpc) is 0.689. The maximum absolute atomic E-state index is 6.38. The zero-order valence-electron chi connectivity index (χ0n) is 80.8. The van der Waals surface area contributed by atoms with Crippen molar-refractivity contribution in [2.45, 2.75) is 0 Å². The van der Waals surface area contributed by atoms with Crippen LogP contribution in [-0.4, -0.2) is 15.0 Å². The molecule has 0 aliphatic carbocycles. The molecular formula is C127H89N10O10+7. The first-order valence-electron chi connectivity index (χ1n) is 48.7. The summed E-state index contributed by atoms with van der Waals surface area (Å²) in [6, 6.07) is 119. The Bertz CT molecular complexity index is 8990. The highest BCUT2D eigenvalue weighted by molar-refractivity contribution is 6.39. The molecule has 23 aromatic rings. The molecule has 0 unspecified atom stereocenters. The zero-order chi connectivity index (χ0) is 98.3. The monoisotopic (exact) mass is 1910 g/mol. The second-order valence-electron chi connectivity index (χ2n) is 37.0. The average molecular weight is 1920 g/mol. The fraction of sp³-hybridized carbons (Fsp3) is 0.0551. The minimum Gasteiger partial charge on any atom is -0.438 e. The summed E-state index contributed by atoms with van der Waals surface area (Å²) >= 11 is 0.